The Bertz CT molecular complexity index is 390. The molecular formula is C12H14F2O3. The molecule has 0 aliphatic rings. The van der Waals surface area contributed by atoms with Gasteiger partial charge in [-0.1, -0.05) is 6.92 Å². The maximum absolute atomic E-state index is 13.9. The Hall–Kier alpha value is -1.65. The number of rotatable bonds is 5. The second-order valence-corrected chi connectivity index (χ2v) is 3.63. The van der Waals surface area contributed by atoms with E-state index in [1.807, 2.05) is 0 Å². The summed E-state index contributed by atoms with van der Waals surface area (Å²) in [5, 5.41) is 0. The molecule has 94 valence electrons. The van der Waals surface area contributed by atoms with Gasteiger partial charge in [0.1, 0.15) is 6.29 Å². The van der Waals surface area contributed by atoms with E-state index in [2.05, 4.69) is 0 Å². The van der Waals surface area contributed by atoms with Gasteiger partial charge in [0.25, 0.3) is 0 Å². The van der Waals surface area contributed by atoms with Crippen LogP contribution in [0.25, 0.3) is 0 Å². The molecule has 1 unspecified atom stereocenters. The van der Waals surface area contributed by atoms with Gasteiger partial charge >= 0.3 is 0 Å². The summed E-state index contributed by atoms with van der Waals surface area (Å²) in [6.07, 6.45) is 0.652. The van der Waals surface area contributed by atoms with Crippen molar-refractivity contribution in [2.24, 2.45) is 0 Å². The quantitative estimate of drug-likeness (QED) is 0.747. The number of methoxy groups -OCH3 is 2. The monoisotopic (exact) mass is 244 g/mol. The molecule has 0 spiro atoms. The summed E-state index contributed by atoms with van der Waals surface area (Å²) in [6, 6.07) is 1.14. The molecule has 0 bridgehead atoms. The first kappa shape index (κ1) is 13.4. The maximum Gasteiger partial charge on any atom is 0.171 e. The molecule has 1 aromatic rings. The van der Waals surface area contributed by atoms with Crippen LogP contribution < -0.4 is 9.47 Å². The zero-order valence-electron chi connectivity index (χ0n) is 9.92. The normalized spacial score (nSPS) is 12.1. The number of benzene rings is 1. The zero-order chi connectivity index (χ0) is 13.0. The predicted octanol–water partition coefficient (Wildman–Crippen LogP) is 2.67. The molecule has 17 heavy (non-hydrogen) atoms. The summed E-state index contributed by atoms with van der Waals surface area (Å²) in [7, 11) is 2.56. The minimum Gasteiger partial charge on any atom is -0.494 e. The topological polar surface area (TPSA) is 35.5 Å². The third kappa shape index (κ3) is 2.54. The molecule has 0 N–H and O–H groups in total. The van der Waals surface area contributed by atoms with Gasteiger partial charge in [0, 0.05) is 18.1 Å². The maximum atomic E-state index is 13.9. The highest BCUT2D eigenvalue weighted by Crippen LogP contribution is 2.36. The van der Waals surface area contributed by atoms with Gasteiger partial charge in [0.05, 0.1) is 14.2 Å². The fourth-order valence-corrected chi connectivity index (χ4v) is 1.60. The van der Waals surface area contributed by atoms with Crippen molar-refractivity contribution in [2.75, 3.05) is 14.2 Å². The van der Waals surface area contributed by atoms with Crippen molar-refractivity contribution in [2.45, 2.75) is 19.3 Å². The Kier molecular flexibility index (Phi) is 4.43. The van der Waals surface area contributed by atoms with Crippen LogP contribution >= 0.6 is 0 Å². The minimum absolute atomic E-state index is 0.0319. The van der Waals surface area contributed by atoms with E-state index >= 15 is 0 Å². The first-order chi connectivity index (χ1) is 8.06. The Morgan fingerprint density at radius 1 is 1.24 bits per heavy atom. The number of ether oxygens (including phenoxy) is 2. The summed E-state index contributed by atoms with van der Waals surface area (Å²) >= 11 is 0. The molecule has 0 radical (unpaired) electrons. The van der Waals surface area contributed by atoms with Crippen molar-refractivity contribution in [3.05, 3.63) is 23.3 Å². The largest absolute Gasteiger partial charge is 0.494 e. The van der Waals surface area contributed by atoms with Crippen LogP contribution in [0.15, 0.2) is 6.07 Å². The highest BCUT2D eigenvalue weighted by molar-refractivity contribution is 5.53. The molecule has 3 nitrogen and oxygen atoms in total. The molecule has 0 aromatic heterocycles. The van der Waals surface area contributed by atoms with E-state index in [4.69, 9.17) is 9.47 Å². The number of aldehydes is 1. The number of hydrogen-bond acceptors (Lipinski definition) is 3. The number of carbonyl (C=O) groups is 1. The van der Waals surface area contributed by atoms with E-state index in [0.29, 0.717) is 6.29 Å². The van der Waals surface area contributed by atoms with Crippen LogP contribution in [0.5, 0.6) is 11.5 Å². The van der Waals surface area contributed by atoms with Gasteiger partial charge in [0.2, 0.25) is 0 Å². The molecule has 0 fully saturated rings. The van der Waals surface area contributed by atoms with Crippen LogP contribution in [0.4, 0.5) is 8.78 Å². The molecule has 0 amide bonds. The van der Waals surface area contributed by atoms with Gasteiger partial charge in [-0.15, -0.1) is 0 Å². The van der Waals surface area contributed by atoms with Gasteiger partial charge in [0.15, 0.2) is 23.1 Å². The lowest BCUT2D eigenvalue weighted by Crippen LogP contribution is -2.06. The van der Waals surface area contributed by atoms with E-state index < -0.39 is 17.6 Å². The van der Waals surface area contributed by atoms with E-state index in [-0.39, 0.29) is 23.5 Å². The smallest absolute Gasteiger partial charge is 0.171 e. The number of carbonyl (C=O) groups excluding carboxylic acids is 1. The second kappa shape index (κ2) is 5.61. The Morgan fingerprint density at radius 3 is 2.06 bits per heavy atom. The third-order valence-electron chi connectivity index (χ3n) is 2.55. The zero-order valence-corrected chi connectivity index (χ0v) is 9.92. The van der Waals surface area contributed by atoms with Crippen LogP contribution in [-0.4, -0.2) is 20.5 Å². The second-order valence-electron chi connectivity index (χ2n) is 3.63. The highest BCUT2D eigenvalue weighted by atomic mass is 19.1. The van der Waals surface area contributed by atoms with Crippen molar-refractivity contribution in [3.63, 3.8) is 0 Å². The fraction of sp³-hybridized carbons (Fsp3) is 0.417. The Balaban J connectivity index is 3.39. The van der Waals surface area contributed by atoms with Gasteiger partial charge in [-0.2, -0.15) is 0 Å². The van der Waals surface area contributed by atoms with Gasteiger partial charge in [-0.3, -0.25) is 0 Å². The van der Waals surface area contributed by atoms with Crippen LogP contribution in [0.3, 0.4) is 0 Å². The molecule has 0 heterocycles. The SMILES string of the molecule is COc1cc(OC)c(F)c(C(C)CC=O)c1F. The third-order valence-corrected chi connectivity index (χ3v) is 2.55. The number of hydrogen-bond donors (Lipinski definition) is 0. The lowest BCUT2D eigenvalue weighted by molar-refractivity contribution is -0.108. The molecule has 1 atom stereocenters. The standard InChI is InChI=1S/C12H14F2O3/c1-7(4-5-15)10-11(13)8(16-2)6-9(17-3)12(10)14/h5-7H,4H2,1-3H3. The van der Waals surface area contributed by atoms with Crippen LogP contribution in [0.2, 0.25) is 0 Å². The van der Waals surface area contributed by atoms with Gasteiger partial charge in [-0.05, 0) is 5.92 Å². The van der Waals surface area contributed by atoms with Crippen molar-refractivity contribution in [3.8, 4) is 11.5 Å². The first-order valence-electron chi connectivity index (χ1n) is 5.10. The van der Waals surface area contributed by atoms with Crippen LogP contribution in [0, 0.1) is 11.6 Å². The minimum atomic E-state index is -0.792. The molecule has 1 aromatic carbocycles. The van der Waals surface area contributed by atoms with Crippen LogP contribution in [-0.2, 0) is 4.79 Å². The molecule has 0 aliphatic heterocycles. The van der Waals surface area contributed by atoms with Crippen molar-refractivity contribution in [1.29, 1.82) is 0 Å². The molecule has 0 saturated heterocycles. The Morgan fingerprint density at radius 2 is 1.71 bits per heavy atom. The highest BCUT2D eigenvalue weighted by Gasteiger charge is 2.23. The number of halogens is 2. The lowest BCUT2D eigenvalue weighted by Gasteiger charge is -2.15. The average Bonchev–Trinajstić information content (AvgIpc) is 2.30. The fourth-order valence-electron chi connectivity index (χ4n) is 1.60. The summed E-state index contributed by atoms with van der Waals surface area (Å²) in [5.74, 6) is -2.36. The van der Waals surface area contributed by atoms with Crippen LogP contribution in [0.1, 0.15) is 24.8 Å². The van der Waals surface area contributed by atoms with E-state index in [9.17, 15) is 13.6 Å². The predicted molar refractivity (Wildman–Crippen MR) is 58.6 cm³/mol. The summed E-state index contributed by atoms with van der Waals surface area (Å²) in [6.45, 7) is 1.56. The summed E-state index contributed by atoms with van der Waals surface area (Å²) < 4.78 is 37.4. The first-order valence-corrected chi connectivity index (χ1v) is 5.10. The lowest BCUT2D eigenvalue weighted by atomic mass is 9.96. The Labute approximate surface area is 98.3 Å². The van der Waals surface area contributed by atoms with Gasteiger partial charge in [-0.25, -0.2) is 8.78 Å². The van der Waals surface area contributed by atoms with Crippen molar-refractivity contribution < 1.29 is 23.0 Å². The molecular weight excluding hydrogens is 230 g/mol. The van der Waals surface area contributed by atoms with Crippen molar-refractivity contribution >= 4 is 6.29 Å². The van der Waals surface area contributed by atoms with E-state index in [0.717, 1.165) is 6.07 Å². The summed E-state index contributed by atoms with van der Waals surface area (Å²) in [5.41, 5.74) is -0.187. The average molecular weight is 244 g/mol. The van der Waals surface area contributed by atoms with Crippen molar-refractivity contribution in [1.82, 2.24) is 0 Å². The summed E-state index contributed by atoms with van der Waals surface area (Å²) in [4.78, 5) is 10.4. The van der Waals surface area contributed by atoms with Gasteiger partial charge < -0.3 is 14.3 Å². The molecule has 1 rings (SSSR count). The molecule has 0 saturated carbocycles. The molecule has 0 aliphatic carbocycles. The molecule has 5 heteroatoms. The van der Waals surface area contributed by atoms with E-state index in [1.165, 1.54) is 14.2 Å². The van der Waals surface area contributed by atoms with E-state index in [1.54, 1.807) is 6.92 Å².